The summed E-state index contributed by atoms with van der Waals surface area (Å²) < 4.78 is 0. The third kappa shape index (κ3) is 1.97. The fraction of sp³-hybridized carbons (Fsp3) is 0.923. The third-order valence-electron chi connectivity index (χ3n) is 4.62. The lowest BCUT2D eigenvalue weighted by atomic mass is 10.0. The lowest BCUT2D eigenvalue weighted by Gasteiger charge is -2.24. The van der Waals surface area contributed by atoms with Crippen LogP contribution in [0.15, 0.2) is 0 Å². The van der Waals surface area contributed by atoms with Gasteiger partial charge in [-0.3, -0.25) is 4.79 Å². The Kier molecular flexibility index (Phi) is 2.66. The van der Waals surface area contributed by atoms with Crippen LogP contribution in [0.5, 0.6) is 0 Å². The maximum atomic E-state index is 12.3. The second-order valence-corrected chi connectivity index (χ2v) is 5.91. The number of likely N-dealkylation sites (N-methyl/N-ethyl adjacent to an activating group) is 1. The fourth-order valence-electron chi connectivity index (χ4n) is 3.44. The summed E-state index contributed by atoms with van der Waals surface area (Å²) in [5, 5.41) is 0. The van der Waals surface area contributed by atoms with Gasteiger partial charge in [-0.2, -0.15) is 0 Å². The van der Waals surface area contributed by atoms with Crippen molar-refractivity contribution in [3.8, 4) is 0 Å². The van der Waals surface area contributed by atoms with Gasteiger partial charge in [0.1, 0.15) is 0 Å². The summed E-state index contributed by atoms with van der Waals surface area (Å²) in [6.07, 6.45) is 4.93. The maximum Gasteiger partial charge on any atom is 0.225 e. The van der Waals surface area contributed by atoms with E-state index in [1.165, 1.54) is 19.3 Å². The van der Waals surface area contributed by atoms with E-state index in [2.05, 4.69) is 16.8 Å². The van der Waals surface area contributed by atoms with Crippen LogP contribution in [0.4, 0.5) is 0 Å². The van der Waals surface area contributed by atoms with E-state index in [0.717, 1.165) is 44.4 Å². The number of rotatable bonds is 1. The van der Waals surface area contributed by atoms with Crippen molar-refractivity contribution < 1.29 is 4.79 Å². The second-order valence-electron chi connectivity index (χ2n) is 5.91. The molecule has 3 heteroatoms. The number of fused-ring (bicyclic) bond motifs is 1. The van der Waals surface area contributed by atoms with Gasteiger partial charge in [-0.15, -0.1) is 0 Å². The van der Waals surface area contributed by atoms with Crippen molar-refractivity contribution in [2.45, 2.75) is 25.7 Å². The molecule has 3 rings (SSSR count). The van der Waals surface area contributed by atoms with Crippen LogP contribution in [0, 0.1) is 17.8 Å². The van der Waals surface area contributed by atoms with E-state index < -0.39 is 0 Å². The largest absolute Gasteiger partial charge is 0.341 e. The van der Waals surface area contributed by atoms with Crippen molar-refractivity contribution in [2.24, 2.45) is 17.8 Å². The van der Waals surface area contributed by atoms with Gasteiger partial charge in [-0.05, 0) is 51.1 Å². The molecule has 0 aromatic carbocycles. The first-order valence-electron chi connectivity index (χ1n) is 6.71. The average molecular weight is 222 g/mol. The molecule has 2 saturated carbocycles. The fourth-order valence-corrected chi connectivity index (χ4v) is 3.44. The van der Waals surface area contributed by atoms with Crippen LogP contribution in [-0.4, -0.2) is 48.9 Å². The van der Waals surface area contributed by atoms with E-state index >= 15 is 0 Å². The molecule has 0 aromatic heterocycles. The van der Waals surface area contributed by atoms with Crippen molar-refractivity contribution in [1.82, 2.24) is 9.80 Å². The first-order valence-corrected chi connectivity index (χ1v) is 6.71. The van der Waals surface area contributed by atoms with Gasteiger partial charge in [0.05, 0.1) is 0 Å². The predicted molar refractivity (Wildman–Crippen MR) is 63.0 cm³/mol. The lowest BCUT2D eigenvalue weighted by molar-refractivity contribution is -0.135. The predicted octanol–water partition coefficient (Wildman–Crippen LogP) is 1.20. The molecule has 1 saturated heterocycles. The van der Waals surface area contributed by atoms with Crippen LogP contribution in [0.1, 0.15) is 25.7 Å². The van der Waals surface area contributed by atoms with Crippen LogP contribution in [0.25, 0.3) is 0 Å². The zero-order valence-electron chi connectivity index (χ0n) is 10.2. The second kappa shape index (κ2) is 4.02. The molecule has 90 valence electrons. The third-order valence-corrected chi connectivity index (χ3v) is 4.62. The zero-order chi connectivity index (χ0) is 11.1. The molecule has 0 bridgehead atoms. The van der Waals surface area contributed by atoms with Crippen LogP contribution in [0.3, 0.4) is 0 Å². The minimum Gasteiger partial charge on any atom is -0.341 e. The van der Waals surface area contributed by atoms with Crippen LogP contribution in [0.2, 0.25) is 0 Å². The highest BCUT2D eigenvalue weighted by Gasteiger charge is 2.48. The number of hydrogen-bond acceptors (Lipinski definition) is 2. The van der Waals surface area contributed by atoms with Gasteiger partial charge < -0.3 is 9.80 Å². The Morgan fingerprint density at radius 2 is 1.75 bits per heavy atom. The van der Waals surface area contributed by atoms with Crippen LogP contribution < -0.4 is 0 Å². The van der Waals surface area contributed by atoms with Crippen molar-refractivity contribution in [3.63, 3.8) is 0 Å². The Hall–Kier alpha value is -0.570. The molecular formula is C13H22N2O. The summed E-state index contributed by atoms with van der Waals surface area (Å²) >= 11 is 0. The van der Waals surface area contributed by atoms with Gasteiger partial charge >= 0.3 is 0 Å². The van der Waals surface area contributed by atoms with Crippen molar-refractivity contribution in [1.29, 1.82) is 0 Å². The molecule has 1 amide bonds. The van der Waals surface area contributed by atoms with E-state index in [1.54, 1.807) is 0 Å². The number of carbonyl (C=O) groups excluding carboxylic acids is 1. The summed E-state index contributed by atoms with van der Waals surface area (Å²) in [5.41, 5.74) is 0. The van der Waals surface area contributed by atoms with Crippen LogP contribution in [-0.2, 0) is 4.79 Å². The molecule has 0 spiro atoms. The Morgan fingerprint density at radius 1 is 1.00 bits per heavy atom. The van der Waals surface area contributed by atoms with Gasteiger partial charge in [0.2, 0.25) is 5.91 Å². The summed E-state index contributed by atoms with van der Waals surface area (Å²) in [6.45, 7) is 4.11. The van der Waals surface area contributed by atoms with Gasteiger partial charge in [-0.1, -0.05) is 0 Å². The molecule has 0 N–H and O–H groups in total. The number of carbonyl (C=O) groups is 1. The quantitative estimate of drug-likeness (QED) is 0.665. The first kappa shape index (κ1) is 10.6. The van der Waals surface area contributed by atoms with Crippen molar-refractivity contribution in [2.75, 3.05) is 33.2 Å². The van der Waals surface area contributed by atoms with Gasteiger partial charge in [0, 0.05) is 25.6 Å². The summed E-state index contributed by atoms with van der Waals surface area (Å²) in [7, 11) is 2.15. The average Bonchev–Trinajstić information content (AvgIpc) is 2.95. The Bertz CT molecular complexity index is 282. The lowest BCUT2D eigenvalue weighted by Crippen LogP contribution is -2.38. The van der Waals surface area contributed by atoms with Gasteiger partial charge in [0.15, 0.2) is 0 Å². The molecule has 3 nitrogen and oxygen atoms in total. The minimum absolute atomic E-state index is 0.382. The highest BCUT2D eigenvalue weighted by Crippen LogP contribution is 2.54. The summed E-state index contributed by atoms with van der Waals surface area (Å²) in [4.78, 5) is 16.8. The molecule has 1 heterocycles. The highest BCUT2D eigenvalue weighted by molar-refractivity contribution is 5.79. The summed E-state index contributed by atoms with van der Waals surface area (Å²) in [6, 6.07) is 0. The zero-order valence-corrected chi connectivity index (χ0v) is 10.2. The molecule has 1 aliphatic heterocycles. The van der Waals surface area contributed by atoms with E-state index in [0.29, 0.717) is 11.8 Å². The molecule has 2 aliphatic carbocycles. The van der Waals surface area contributed by atoms with E-state index in [-0.39, 0.29) is 0 Å². The number of nitrogens with zero attached hydrogens (tertiary/aromatic N) is 2. The molecule has 2 atom stereocenters. The number of amides is 1. The molecular weight excluding hydrogens is 200 g/mol. The van der Waals surface area contributed by atoms with Gasteiger partial charge in [-0.25, -0.2) is 0 Å². The van der Waals surface area contributed by atoms with Crippen molar-refractivity contribution >= 4 is 5.91 Å². The normalized spacial score (nSPS) is 39.3. The standard InChI is InChI=1S/C13H22N2O/c1-14-3-2-4-15(6-5-14)13(16)12-8-10-7-11(10)9-12/h10-12H,2-9H2,1H3. The Morgan fingerprint density at radius 3 is 2.50 bits per heavy atom. The smallest absolute Gasteiger partial charge is 0.225 e. The Balaban J connectivity index is 1.57. The molecule has 0 radical (unpaired) electrons. The van der Waals surface area contributed by atoms with E-state index in [4.69, 9.17) is 0 Å². The first-order chi connectivity index (χ1) is 7.74. The van der Waals surface area contributed by atoms with Crippen LogP contribution >= 0.6 is 0 Å². The maximum absolute atomic E-state index is 12.3. The minimum atomic E-state index is 0.382. The van der Waals surface area contributed by atoms with E-state index in [1.807, 2.05) is 0 Å². The van der Waals surface area contributed by atoms with Gasteiger partial charge in [0.25, 0.3) is 0 Å². The Labute approximate surface area is 97.8 Å². The number of hydrogen-bond donors (Lipinski definition) is 0. The molecule has 16 heavy (non-hydrogen) atoms. The topological polar surface area (TPSA) is 23.6 Å². The van der Waals surface area contributed by atoms with E-state index in [9.17, 15) is 4.79 Å². The molecule has 3 fully saturated rings. The monoisotopic (exact) mass is 222 g/mol. The van der Waals surface area contributed by atoms with Crippen molar-refractivity contribution in [3.05, 3.63) is 0 Å². The molecule has 2 unspecified atom stereocenters. The summed E-state index contributed by atoms with van der Waals surface area (Å²) in [5.74, 6) is 2.68. The highest BCUT2D eigenvalue weighted by atomic mass is 16.2. The SMILES string of the molecule is CN1CCCN(C(=O)C2CC3CC3C2)CC1. The molecule has 3 aliphatic rings. The molecule has 0 aromatic rings.